The highest BCUT2D eigenvalue weighted by Crippen LogP contribution is 2.06. The van der Waals surface area contributed by atoms with Crippen molar-refractivity contribution >= 4 is 45.1 Å². The minimum Gasteiger partial charge on any atom is -0.403 e. The summed E-state index contributed by atoms with van der Waals surface area (Å²) in [6.45, 7) is 2.73. The van der Waals surface area contributed by atoms with Gasteiger partial charge in [-0.2, -0.15) is 0 Å². The molecule has 0 aliphatic carbocycles. The number of ketones is 1. The number of aromatic nitrogens is 1. The highest BCUT2D eigenvalue weighted by atomic mass is 32.2. The zero-order valence-electron chi connectivity index (χ0n) is 19.5. The molecule has 0 aliphatic rings. The molecule has 0 aliphatic heterocycles. The quantitative estimate of drug-likeness (QED) is 0.113. The smallest absolute Gasteiger partial charge is 0.287 e. The maximum atomic E-state index is 12.9. The van der Waals surface area contributed by atoms with Crippen LogP contribution in [0.1, 0.15) is 12.8 Å². The maximum absolute atomic E-state index is 12.9. The molecular formula is C20H27N7O8S. The highest BCUT2D eigenvalue weighted by molar-refractivity contribution is 7.89. The molecular weight excluding hydrogens is 498 g/mol. The molecule has 0 saturated heterocycles. The second-order valence-electron chi connectivity index (χ2n) is 7.14. The maximum Gasteiger partial charge on any atom is 0.287 e. The summed E-state index contributed by atoms with van der Waals surface area (Å²) in [5.74, 6) is -4.49. The number of amides is 4. The van der Waals surface area contributed by atoms with E-state index in [1.165, 1.54) is 25.4 Å². The Bertz CT molecular complexity index is 1240. The second kappa shape index (κ2) is 13.4. The van der Waals surface area contributed by atoms with E-state index < -0.39 is 64.0 Å². The molecule has 1 aromatic heterocycles. The number of carbonyl (C=O) groups is 5. The molecule has 1 aromatic rings. The number of sulfonamides is 1. The lowest BCUT2D eigenvalue weighted by atomic mass is 10.1. The van der Waals surface area contributed by atoms with Gasteiger partial charge in [0.2, 0.25) is 21.7 Å². The van der Waals surface area contributed by atoms with Crippen LogP contribution in [0, 0.1) is 0 Å². The Labute approximate surface area is 206 Å². The van der Waals surface area contributed by atoms with Crippen molar-refractivity contribution in [2.24, 2.45) is 5.73 Å². The SMILES string of the molecule is C=CN/C(=C\N)C(=O)N[C@@H](CCC(=O)C(=O)NC)C(=O)Nc1cccn(CC(=O)NS(C)(=O)=O)c1=O. The standard InChI is InChI=1S/C20H27N7O8S/c1-4-23-14(10-21)18(31)24-12(7-8-15(28)19(32)22-2)17(30)25-13-6-5-9-27(20(13)33)11-16(29)26-36(3,34)35/h4-6,9-10,12,23H,1,7-8,11,21H2,2-3H3,(H,22,32)(H,24,31)(H,25,30)(H,26,29)/b14-10-/t12-/m0/s1. The van der Waals surface area contributed by atoms with Gasteiger partial charge < -0.3 is 31.6 Å². The van der Waals surface area contributed by atoms with Crippen LogP contribution in [0.15, 0.2) is 47.8 Å². The number of nitrogens with two attached hydrogens (primary N) is 1. The Morgan fingerprint density at radius 3 is 2.42 bits per heavy atom. The van der Waals surface area contributed by atoms with Gasteiger partial charge in [-0.05, 0) is 24.8 Å². The molecule has 4 amide bonds. The molecule has 0 fully saturated rings. The minimum atomic E-state index is -3.85. The number of carbonyl (C=O) groups excluding carboxylic acids is 5. The molecule has 0 bridgehead atoms. The highest BCUT2D eigenvalue weighted by Gasteiger charge is 2.25. The largest absolute Gasteiger partial charge is 0.403 e. The van der Waals surface area contributed by atoms with E-state index in [4.69, 9.17) is 5.73 Å². The normalized spacial score (nSPS) is 12.0. The first-order chi connectivity index (χ1) is 16.8. The molecule has 16 heteroatoms. The third-order valence-corrected chi connectivity index (χ3v) is 4.92. The number of likely N-dealkylation sites (N-methyl/N-ethyl adjacent to an activating group) is 1. The van der Waals surface area contributed by atoms with Gasteiger partial charge >= 0.3 is 0 Å². The molecule has 1 rings (SSSR count). The number of anilines is 1. The van der Waals surface area contributed by atoms with Crippen LogP contribution in [0.25, 0.3) is 0 Å². The topological polar surface area (TPSA) is 228 Å². The van der Waals surface area contributed by atoms with Crippen LogP contribution in [0.5, 0.6) is 0 Å². The van der Waals surface area contributed by atoms with E-state index >= 15 is 0 Å². The third-order valence-electron chi connectivity index (χ3n) is 4.32. The van der Waals surface area contributed by atoms with Crippen molar-refractivity contribution in [1.82, 2.24) is 25.2 Å². The summed E-state index contributed by atoms with van der Waals surface area (Å²) in [6.07, 6.45) is 3.31. The molecule has 0 unspecified atom stereocenters. The van der Waals surface area contributed by atoms with Gasteiger partial charge in [0.1, 0.15) is 24.0 Å². The average Bonchev–Trinajstić information content (AvgIpc) is 2.80. The molecule has 0 saturated carbocycles. The Morgan fingerprint density at radius 2 is 1.86 bits per heavy atom. The second-order valence-corrected chi connectivity index (χ2v) is 8.89. The molecule has 15 nitrogen and oxygen atoms in total. The fourth-order valence-electron chi connectivity index (χ4n) is 2.70. The molecule has 36 heavy (non-hydrogen) atoms. The summed E-state index contributed by atoms with van der Waals surface area (Å²) in [6, 6.07) is 1.13. The van der Waals surface area contributed by atoms with Crippen LogP contribution in [-0.4, -0.2) is 61.7 Å². The molecule has 0 spiro atoms. The van der Waals surface area contributed by atoms with Crippen LogP contribution in [0.3, 0.4) is 0 Å². The van der Waals surface area contributed by atoms with Crippen molar-refractivity contribution in [3.63, 3.8) is 0 Å². The van der Waals surface area contributed by atoms with E-state index in [0.29, 0.717) is 0 Å². The summed E-state index contributed by atoms with van der Waals surface area (Å²) in [4.78, 5) is 73.2. The fraction of sp³-hybridized carbons (Fsp3) is 0.300. The monoisotopic (exact) mass is 525 g/mol. The van der Waals surface area contributed by atoms with Gasteiger partial charge in [0.25, 0.3) is 23.3 Å². The van der Waals surface area contributed by atoms with Crippen LogP contribution in [0.4, 0.5) is 5.69 Å². The zero-order chi connectivity index (χ0) is 27.5. The van der Waals surface area contributed by atoms with Crippen LogP contribution in [0.2, 0.25) is 0 Å². The first kappa shape index (κ1) is 29.6. The van der Waals surface area contributed by atoms with Crippen molar-refractivity contribution < 1.29 is 32.4 Å². The number of Topliss-reactive ketones (excluding diaryl/α,β-unsaturated/α-hetero) is 1. The molecule has 1 heterocycles. The van der Waals surface area contributed by atoms with Gasteiger partial charge in [-0.3, -0.25) is 33.5 Å². The molecule has 196 valence electrons. The zero-order valence-corrected chi connectivity index (χ0v) is 20.3. The Morgan fingerprint density at radius 1 is 1.19 bits per heavy atom. The van der Waals surface area contributed by atoms with E-state index in [-0.39, 0.29) is 17.8 Å². The summed E-state index contributed by atoms with van der Waals surface area (Å²) in [5.41, 5.74) is 4.06. The van der Waals surface area contributed by atoms with Crippen molar-refractivity contribution in [3.05, 3.63) is 53.4 Å². The molecule has 0 radical (unpaired) electrons. The third kappa shape index (κ3) is 9.41. The number of pyridine rings is 1. The molecule has 0 aromatic carbocycles. The lowest BCUT2D eigenvalue weighted by Crippen LogP contribution is -2.47. The first-order valence-electron chi connectivity index (χ1n) is 10.2. The van der Waals surface area contributed by atoms with E-state index in [0.717, 1.165) is 23.2 Å². The van der Waals surface area contributed by atoms with Crippen molar-refractivity contribution in [2.45, 2.75) is 25.4 Å². The van der Waals surface area contributed by atoms with Crippen molar-refractivity contribution in [3.8, 4) is 0 Å². The van der Waals surface area contributed by atoms with E-state index in [2.05, 4.69) is 27.8 Å². The summed E-state index contributed by atoms with van der Waals surface area (Å²) < 4.78 is 24.9. The Kier molecular flexibility index (Phi) is 11.0. The number of hydrogen-bond acceptors (Lipinski definition) is 10. The number of nitrogens with zero attached hydrogens (tertiary/aromatic N) is 1. The van der Waals surface area contributed by atoms with Gasteiger partial charge in [0.05, 0.1) is 6.26 Å². The average molecular weight is 526 g/mol. The number of hydrogen-bond donors (Lipinski definition) is 6. The lowest BCUT2D eigenvalue weighted by molar-refractivity contribution is -0.137. The van der Waals surface area contributed by atoms with Gasteiger partial charge in [0.15, 0.2) is 0 Å². The van der Waals surface area contributed by atoms with E-state index in [1.54, 1.807) is 4.72 Å². The molecule has 1 atom stereocenters. The van der Waals surface area contributed by atoms with Gasteiger partial charge in [-0.15, -0.1) is 0 Å². The molecule has 7 N–H and O–H groups in total. The first-order valence-corrected chi connectivity index (χ1v) is 12.1. The van der Waals surface area contributed by atoms with Crippen LogP contribution in [-0.2, 0) is 40.5 Å². The van der Waals surface area contributed by atoms with Crippen molar-refractivity contribution in [2.75, 3.05) is 18.6 Å². The number of nitrogens with one attached hydrogen (secondary N) is 5. The van der Waals surface area contributed by atoms with E-state index in [9.17, 15) is 37.2 Å². The minimum absolute atomic E-state index is 0.167. The van der Waals surface area contributed by atoms with Crippen molar-refractivity contribution in [1.29, 1.82) is 0 Å². The Balaban J connectivity index is 3.14. The van der Waals surface area contributed by atoms with Crippen LogP contribution < -0.4 is 37.3 Å². The predicted molar refractivity (Wildman–Crippen MR) is 128 cm³/mol. The van der Waals surface area contributed by atoms with Gasteiger partial charge in [-0.1, -0.05) is 6.58 Å². The summed E-state index contributed by atoms with van der Waals surface area (Å²) in [7, 11) is -2.60. The van der Waals surface area contributed by atoms with Crippen LogP contribution >= 0.6 is 0 Å². The Hall–Kier alpha value is -4.47. The fourth-order valence-corrected chi connectivity index (χ4v) is 3.18. The van der Waals surface area contributed by atoms with E-state index in [1.807, 2.05) is 0 Å². The van der Waals surface area contributed by atoms with Gasteiger partial charge in [-0.25, -0.2) is 8.42 Å². The number of rotatable bonds is 13. The summed E-state index contributed by atoms with van der Waals surface area (Å²) in [5, 5.41) is 9.25. The predicted octanol–water partition coefficient (Wildman–Crippen LogP) is -3.02. The lowest BCUT2D eigenvalue weighted by Gasteiger charge is -2.19. The van der Waals surface area contributed by atoms with Gasteiger partial charge in [0, 0.05) is 25.9 Å². The summed E-state index contributed by atoms with van der Waals surface area (Å²) >= 11 is 0.